The van der Waals surface area contributed by atoms with Gasteiger partial charge in [-0.2, -0.15) is 0 Å². The van der Waals surface area contributed by atoms with Gasteiger partial charge in [-0.15, -0.1) is 0 Å². The fourth-order valence-corrected chi connectivity index (χ4v) is 6.04. The Kier molecular flexibility index (Phi) is 3.61. The van der Waals surface area contributed by atoms with Gasteiger partial charge in [0.25, 0.3) is 0 Å². The largest absolute Gasteiger partial charge is 0.458 e. The van der Waals surface area contributed by atoms with Crippen LogP contribution in [0, 0.1) is 28.6 Å². The van der Waals surface area contributed by atoms with Crippen LogP contribution in [-0.4, -0.2) is 23.6 Å². The number of rotatable bonds is 1. The van der Waals surface area contributed by atoms with E-state index in [1.165, 1.54) is 6.92 Å². The van der Waals surface area contributed by atoms with Gasteiger partial charge >= 0.3 is 5.97 Å². The molecular weight excluding hydrogens is 316 g/mol. The molecule has 0 saturated heterocycles. The molecule has 0 amide bonds. The second kappa shape index (κ2) is 5.39. The van der Waals surface area contributed by atoms with E-state index >= 15 is 0 Å². The molecule has 0 N–H and O–H groups in total. The van der Waals surface area contributed by atoms with Crippen LogP contribution in [0.2, 0.25) is 0 Å². The van der Waals surface area contributed by atoms with Crippen molar-refractivity contribution >= 4 is 17.5 Å². The first-order valence-corrected chi connectivity index (χ1v) is 9.40. The van der Waals surface area contributed by atoms with Crippen molar-refractivity contribution in [2.75, 3.05) is 0 Å². The molecule has 4 aliphatic carbocycles. The van der Waals surface area contributed by atoms with E-state index in [1.807, 2.05) is 6.08 Å². The molecule has 0 aromatic carbocycles. The van der Waals surface area contributed by atoms with Crippen LogP contribution in [0.1, 0.15) is 52.9 Å². The van der Waals surface area contributed by atoms with Gasteiger partial charge < -0.3 is 4.74 Å². The molecule has 134 valence electrons. The van der Waals surface area contributed by atoms with Gasteiger partial charge in [0.1, 0.15) is 11.9 Å². The van der Waals surface area contributed by atoms with Crippen molar-refractivity contribution in [1.82, 2.24) is 0 Å². The molecule has 0 heterocycles. The highest BCUT2D eigenvalue weighted by molar-refractivity contribution is 5.97. The molecule has 4 aliphatic rings. The number of esters is 1. The van der Waals surface area contributed by atoms with Crippen molar-refractivity contribution in [2.24, 2.45) is 28.6 Å². The van der Waals surface area contributed by atoms with Crippen molar-refractivity contribution < 1.29 is 19.1 Å². The van der Waals surface area contributed by atoms with Crippen LogP contribution in [0.3, 0.4) is 0 Å². The Hall–Kier alpha value is -1.71. The highest BCUT2D eigenvalue weighted by Crippen LogP contribution is 2.62. The van der Waals surface area contributed by atoms with Crippen LogP contribution in [0.15, 0.2) is 23.8 Å². The summed E-state index contributed by atoms with van der Waals surface area (Å²) in [5.41, 5.74) is 0.611. The number of Topliss-reactive ketones (excluding diaryl/α,β-unsaturated/α-hetero) is 1. The SMILES string of the molecule is CC(=O)O[C@@H]1C=C[C@@]2(C)C(=CC(=O)[C@@H]3[C@@H]2CC[C@]2(C)C(=O)CC[C@@H]32)C1. The number of fused-ring (bicyclic) bond motifs is 5. The predicted octanol–water partition coefficient (Wildman–Crippen LogP) is 3.41. The molecule has 0 radical (unpaired) electrons. The Morgan fingerprint density at radius 2 is 1.96 bits per heavy atom. The number of hydrogen-bond acceptors (Lipinski definition) is 4. The van der Waals surface area contributed by atoms with E-state index < -0.39 is 0 Å². The van der Waals surface area contributed by atoms with Crippen LogP contribution in [0.25, 0.3) is 0 Å². The summed E-state index contributed by atoms with van der Waals surface area (Å²) in [6, 6.07) is 0. The Balaban J connectivity index is 1.70. The quantitative estimate of drug-likeness (QED) is 0.541. The minimum atomic E-state index is -0.308. The predicted molar refractivity (Wildman–Crippen MR) is 92.6 cm³/mol. The summed E-state index contributed by atoms with van der Waals surface area (Å²) < 4.78 is 5.33. The summed E-state index contributed by atoms with van der Waals surface area (Å²) in [6.45, 7) is 5.70. The number of carbonyl (C=O) groups is 3. The zero-order valence-electron chi connectivity index (χ0n) is 15.2. The van der Waals surface area contributed by atoms with Gasteiger partial charge in [-0.05, 0) is 43.3 Å². The molecule has 6 atom stereocenters. The van der Waals surface area contributed by atoms with Crippen LogP contribution in [0.5, 0.6) is 0 Å². The molecule has 0 aromatic rings. The summed E-state index contributed by atoms with van der Waals surface area (Å²) in [4.78, 5) is 36.7. The summed E-state index contributed by atoms with van der Waals surface area (Å²) in [5.74, 6) is 0.613. The molecule has 2 saturated carbocycles. The zero-order chi connectivity index (χ0) is 18.0. The molecule has 0 aromatic heterocycles. The molecule has 0 spiro atoms. The highest BCUT2D eigenvalue weighted by Gasteiger charge is 2.60. The monoisotopic (exact) mass is 342 g/mol. The topological polar surface area (TPSA) is 60.4 Å². The van der Waals surface area contributed by atoms with Gasteiger partial charge in [0.15, 0.2) is 5.78 Å². The molecule has 0 bridgehead atoms. The van der Waals surface area contributed by atoms with E-state index in [4.69, 9.17) is 4.74 Å². The smallest absolute Gasteiger partial charge is 0.303 e. The van der Waals surface area contributed by atoms with Crippen LogP contribution in [-0.2, 0) is 19.1 Å². The average molecular weight is 342 g/mol. The normalized spacial score (nSPS) is 45.3. The lowest BCUT2D eigenvalue weighted by atomic mass is 9.49. The van der Waals surface area contributed by atoms with E-state index in [9.17, 15) is 14.4 Å². The van der Waals surface area contributed by atoms with Crippen LogP contribution in [0.4, 0.5) is 0 Å². The lowest BCUT2D eigenvalue weighted by Crippen LogP contribution is -2.52. The summed E-state index contributed by atoms with van der Waals surface area (Å²) >= 11 is 0. The second-order valence-corrected chi connectivity index (χ2v) is 8.72. The van der Waals surface area contributed by atoms with Gasteiger partial charge in [-0.3, -0.25) is 14.4 Å². The summed E-state index contributed by atoms with van der Waals surface area (Å²) in [7, 11) is 0. The molecule has 0 unspecified atom stereocenters. The first-order valence-electron chi connectivity index (χ1n) is 9.40. The molecule has 4 rings (SSSR count). The van der Waals surface area contributed by atoms with Gasteiger partial charge in [0, 0.05) is 36.5 Å². The maximum atomic E-state index is 13.0. The van der Waals surface area contributed by atoms with Gasteiger partial charge in [0.2, 0.25) is 0 Å². The van der Waals surface area contributed by atoms with E-state index in [2.05, 4.69) is 19.9 Å². The standard InChI is InChI=1S/C21H26O4/c1-12(22)25-14-6-8-20(2)13(10-14)11-17(23)19-15-4-5-18(24)21(15,3)9-7-16(19)20/h6,8,11,14-16,19H,4-5,7,9-10H2,1-3H3/t14-,15+,16+,19+,20+,21+/m1/s1. The van der Waals surface area contributed by atoms with Crippen molar-refractivity contribution in [3.63, 3.8) is 0 Å². The molecule has 4 heteroatoms. The van der Waals surface area contributed by atoms with E-state index in [1.54, 1.807) is 6.08 Å². The zero-order valence-corrected chi connectivity index (χ0v) is 15.2. The summed E-state index contributed by atoms with van der Waals surface area (Å²) in [5, 5.41) is 0. The van der Waals surface area contributed by atoms with Crippen molar-refractivity contribution in [3.8, 4) is 0 Å². The lowest BCUT2D eigenvalue weighted by Gasteiger charge is -2.54. The van der Waals surface area contributed by atoms with Crippen LogP contribution >= 0.6 is 0 Å². The first kappa shape index (κ1) is 16.7. The first-order chi connectivity index (χ1) is 11.8. The van der Waals surface area contributed by atoms with Gasteiger partial charge in [-0.1, -0.05) is 25.5 Å². The minimum Gasteiger partial charge on any atom is -0.458 e. The van der Waals surface area contributed by atoms with Crippen molar-refractivity contribution in [2.45, 2.75) is 59.0 Å². The van der Waals surface area contributed by atoms with Gasteiger partial charge in [-0.25, -0.2) is 0 Å². The Morgan fingerprint density at radius 1 is 1.20 bits per heavy atom. The second-order valence-electron chi connectivity index (χ2n) is 8.72. The molecule has 2 fully saturated rings. The third-order valence-corrected chi connectivity index (χ3v) is 7.48. The molecule has 0 aliphatic heterocycles. The highest BCUT2D eigenvalue weighted by atomic mass is 16.5. The average Bonchev–Trinajstić information content (AvgIpc) is 2.84. The molecule has 4 nitrogen and oxygen atoms in total. The molecule has 25 heavy (non-hydrogen) atoms. The number of carbonyl (C=O) groups excluding carboxylic acids is 3. The van der Waals surface area contributed by atoms with Crippen LogP contribution < -0.4 is 0 Å². The van der Waals surface area contributed by atoms with Crippen molar-refractivity contribution in [3.05, 3.63) is 23.8 Å². The lowest BCUT2D eigenvalue weighted by molar-refractivity contribution is -0.144. The fourth-order valence-electron chi connectivity index (χ4n) is 6.04. The number of hydrogen-bond donors (Lipinski definition) is 0. The number of allylic oxidation sites excluding steroid dienone is 2. The van der Waals surface area contributed by atoms with Gasteiger partial charge in [0.05, 0.1) is 0 Å². The number of ketones is 2. The fraction of sp³-hybridized carbons (Fsp3) is 0.667. The van der Waals surface area contributed by atoms with Crippen molar-refractivity contribution in [1.29, 1.82) is 0 Å². The Morgan fingerprint density at radius 3 is 2.68 bits per heavy atom. The Labute approximate surface area is 148 Å². The van der Waals surface area contributed by atoms with E-state index in [-0.39, 0.29) is 46.4 Å². The van der Waals surface area contributed by atoms with E-state index in [0.29, 0.717) is 18.6 Å². The maximum absolute atomic E-state index is 13.0. The Bertz CT molecular complexity index is 717. The third kappa shape index (κ3) is 2.29. The molecular formula is C21H26O4. The number of ether oxygens (including phenoxy) is 1. The summed E-state index contributed by atoms with van der Waals surface area (Å²) in [6.07, 6.45) is 9.52. The van der Waals surface area contributed by atoms with E-state index in [0.717, 1.165) is 24.8 Å². The third-order valence-electron chi connectivity index (χ3n) is 7.48. The maximum Gasteiger partial charge on any atom is 0.303 e. The minimum absolute atomic E-state index is 0.0473.